The number of aryl methyl sites for hydroxylation is 1. The molecule has 0 fully saturated rings. The van der Waals surface area contributed by atoms with Crippen LogP contribution in [0.3, 0.4) is 0 Å². The summed E-state index contributed by atoms with van der Waals surface area (Å²) in [5.41, 5.74) is 2.69. The van der Waals surface area contributed by atoms with Crippen molar-refractivity contribution >= 4 is 17.6 Å². The number of hydrogen-bond donors (Lipinski definition) is 3. The Balaban J connectivity index is 2.91. The normalized spacial score (nSPS) is 12.4. The molecule has 0 aliphatic carbocycles. The molecule has 122 valence electrons. The number of carbonyl (C=O) groups excluding carboxylic acids is 1. The summed E-state index contributed by atoms with van der Waals surface area (Å²) in [6.07, 6.45) is 1.29. The molecule has 1 atom stereocenters. The molecular formula is C17H21N3O3. The van der Waals surface area contributed by atoms with E-state index in [1.807, 2.05) is 32.0 Å². The molecule has 1 aromatic carbocycles. The minimum atomic E-state index is -1.13. The maximum absolute atomic E-state index is 12.1. The summed E-state index contributed by atoms with van der Waals surface area (Å²) in [6.45, 7) is 7.26. The van der Waals surface area contributed by atoms with Crippen molar-refractivity contribution in [3.8, 4) is 6.07 Å². The van der Waals surface area contributed by atoms with Crippen LogP contribution in [0.4, 0.5) is 5.69 Å². The predicted molar refractivity (Wildman–Crippen MR) is 87.6 cm³/mol. The highest BCUT2D eigenvalue weighted by Crippen LogP contribution is 2.18. The number of nitrogens with one attached hydrogen (secondary N) is 2. The molecule has 0 saturated heterocycles. The van der Waals surface area contributed by atoms with Crippen LogP contribution < -0.4 is 10.6 Å². The predicted octanol–water partition coefficient (Wildman–Crippen LogP) is 2.35. The lowest BCUT2D eigenvalue weighted by atomic mass is 10.0. The number of carboxylic acid groups (broad SMARTS) is 1. The van der Waals surface area contributed by atoms with Gasteiger partial charge in [0.15, 0.2) is 0 Å². The molecule has 6 heteroatoms. The molecule has 0 bridgehead atoms. The molecular weight excluding hydrogens is 294 g/mol. The number of aliphatic carboxylic acids is 1. The Hall–Kier alpha value is -2.81. The van der Waals surface area contributed by atoms with Gasteiger partial charge in [0.2, 0.25) is 0 Å². The molecule has 23 heavy (non-hydrogen) atoms. The molecule has 0 spiro atoms. The van der Waals surface area contributed by atoms with Gasteiger partial charge in [-0.3, -0.25) is 4.79 Å². The first-order valence-electron chi connectivity index (χ1n) is 7.24. The highest BCUT2D eigenvalue weighted by Gasteiger charge is 2.24. The summed E-state index contributed by atoms with van der Waals surface area (Å²) >= 11 is 0. The van der Waals surface area contributed by atoms with Crippen molar-refractivity contribution in [2.75, 3.05) is 5.32 Å². The smallest absolute Gasteiger partial charge is 0.326 e. The number of carbonyl (C=O) groups is 2. The van der Waals surface area contributed by atoms with Crippen LogP contribution in [0.15, 0.2) is 30.0 Å². The third-order valence-corrected chi connectivity index (χ3v) is 3.56. The zero-order chi connectivity index (χ0) is 17.6. The van der Waals surface area contributed by atoms with E-state index in [2.05, 4.69) is 10.6 Å². The lowest BCUT2D eigenvalue weighted by Crippen LogP contribution is -2.44. The van der Waals surface area contributed by atoms with Gasteiger partial charge in [0.25, 0.3) is 5.91 Å². The Morgan fingerprint density at radius 2 is 1.96 bits per heavy atom. The van der Waals surface area contributed by atoms with Crippen LogP contribution in [0.5, 0.6) is 0 Å². The highest BCUT2D eigenvalue weighted by atomic mass is 16.4. The monoisotopic (exact) mass is 315 g/mol. The second-order valence-electron chi connectivity index (χ2n) is 5.60. The summed E-state index contributed by atoms with van der Waals surface area (Å²) in [5, 5.41) is 23.5. The number of benzene rings is 1. The molecule has 1 aromatic rings. The van der Waals surface area contributed by atoms with E-state index >= 15 is 0 Å². The molecule has 1 amide bonds. The molecule has 0 aliphatic rings. The Bertz CT molecular complexity index is 672. The van der Waals surface area contributed by atoms with Crippen molar-refractivity contribution in [2.24, 2.45) is 5.92 Å². The molecule has 1 unspecified atom stereocenters. The molecule has 0 aromatic heterocycles. The van der Waals surface area contributed by atoms with E-state index in [1.54, 1.807) is 19.9 Å². The summed E-state index contributed by atoms with van der Waals surface area (Å²) < 4.78 is 0. The minimum Gasteiger partial charge on any atom is -0.480 e. The van der Waals surface area contributed by atoms with Crippen LogP contribution in [0.25, 0.3) is 0 Å². The summed E-state index contributed by atoms with van der Waals surface area (Å²) in [6, 6.07) is 6.40. The van der Waals surface area contributed by atoms with Crippen LogP contribution in [0.2, 0.25) is 0 Å². The molecule has 0 aliphatic heterocycles. The van der Waals surface area contributed by atoms with Crippen LogP contribution in [0, 0.1) is 31.1 Å². The average molecular weight is 315 g/mol. The van der Waals surface area contributed by atoms with Crippen LogP contribution >= 0.6 is 0 Å². The van der Waals surface area contributed by atoms with E-state index in [4.69, 9.17) is 10.4 Å². The summed E-state index contributed by atoms with van der Waals surface area (Å²) in [5.74, 6) is -2.14. The molecule has 6 nitrogen and oxygen atoms in total. The first-order chi connectivity index (χ1) is 10.8. The Labute approximate surface area is 135 Å². The van der Waals surface area contributed by atoms with Crippen molar-refractivity contribution in [3.63, 3.8) is 0 Å². The van der Waals surface area contributed by atoms with E-state index < -0.39 is 17.9 Å². The fourth-order valence-electron chi connectivity index (χ4n) is 1.94. The fourth-order valence-corrected chi connectivity index (χ4v) is 1.94. The second-order valence-corrected chi connectivity index (χ2v) is 5.60. The number of carboxylic acids is 1. The summed E-state index contributed by atoms with van der Waals surface area (Å²) in [4.78, 5) is 23.2. The van der Waals surface area contributed by atoms with Gasteiger partial charge in [-0.1, -0.05) is 26.0 Å². The standard InChI is InChI=1S/C17H21N3O3/c1-10(2)15(17(22)23)20-16(21)13(8-18)9-19-14-7-5-6-11(3)12(14)4/h5-7,9-10,15,19H,1-4H3,(H,20,21)(H,22,23)/b13-9-. The van der Waals surface area contributed by atoms with Gasteiger partial charge in [-0.15, -0.1) is 0 Å². The Morgan fingerprint density at radius 3 is 2.48 bits per heavy atom. The zero-order valence-electron chi connectivity index (χ0n) is 13.7. The van der Waals surface area contributed by atoms with Crippen molar-refractivity contribution < 1.29 is 14.7 Å². The lowest BCUT2D eigenvalue weighted by Gasteiger charge is -2.17. The van der Waals surface area contributed by atoms with Gasteiger partial charge < -0.3 is 15.7 Å². The number of anilines is 1. The van der Waals surface area contributed by atoms with Gasteiger partial charge in [0, 0.05) is 11.9 Å². The van der Waals surface area contributed by atoms with Gasteiger partial charge >= 0.3 is 5.97 Å². The van der Waals surface area contributed by atoms with Gasteiger partial charge in [-0.05, 0) is 37.0 Å². The van der Waals surface area contributed by atoms with Crippen molar-refractivity contribution in [1.82, 2.24) is 5.32 Å². The Morgan fingerprint density at radius 1 is 1.30 bits per heavy atom. The van der Waals surface area contributed by atoms with E-state index in [1.165, 1.54) is 6.20 Å². The molecule has 0 heterocycles. The van der Waals surface area contributed by atoms with Crippen molar-refractivity contribution in [1.29, 1.82) is 5.26 Å². The van der Waals surface area contributed by atoms with Crippen LogP contribution in [-0.4, -0.2) is 23.0 Å². The SMILES string of the molecule is Cc1cccc(N/C=C(/C#N)C(=O)NC(C(=O)O)C(C)C)c1C. The maximum atomic E-state index is 12.1. The van der Waals surface area contributed by atoms with Crippen molar-refractivity contribution in [3.05, 3.63) is 41.1 Å². The Kier molecular flexibility index (Phi) is 6.34. The van der Waals surface area contributed by atoms with Gasteiger partial charge in [0.1, 0.15) is 17.7 Å². The third kappa shape index (κ3) is 4.85. The quantitative estimate of drug-likeness (QED) is 0.552. The van der Waals surface area contributed by atoms with E-state index in [0.29, 0.717) is 0 Å². The largest absolute Gasteiger partial charge is 0.480 e. The van der Waals surface area contributed by atoms with Gasteiger partial charge in [-0.25, -0.2) is 4.79 Å². The number of rotatable bonds is 6. The third-order valence-electron chi connectivity index (χ3n) is 3.56. The minimum absolute atomic E-state index is 0.183. The number of nitriles is 1. The zero-order valence-corrected chi connectivity index (χ0v) is 13.7. The number of amides is 1. The number of hydrogen-bond acceptors (Lipinski definition) is 4. The lowest BCUT2D eigenvalue weighted by molar-refractivity contribution is -0.142. The van der Waals surface area contributed by atoms with E-state index in [-0.39, 0.29) is 11.5 Å². The van der Waals surface area contributed by atoms with Gasteiger partial charge in [-0.2, -0.15) is 5.26 Å². The average Bonchev–Trinajstić information content (AvgIpc) is 2.48. The van der Waals surface area contributed by atoms with E-state index in [0.717, 1.165) is 16.8 Å². The first kappa shape index (κ1) is 18.2. The number of nitrogens with zero attached hydrogens (tertiary/aromatic N) is 1. The first-order valence-corrected chi connectivity index (χ1v) is 7.24. The fraction of sp³-hybridized carbons (Fsp3) is 0.353. The van der Waals surface area contributed by atoms with Crippen molar-refractivity contribution in [2.45, 2.75) is 33.7 Å². The van der Waals surface area contributed by atoms with E-state index in [9.17, 15) is 9.59 Å². The molecule has 1 rings (SSSR count). The molecule has 0 saturated carbocycles. The topological polar surface area (TPSA) is 102 Å². The van der Waals surface area contributed by atoms with Crippen LogP contribution in [0.1, 0.15) is 25.0 Å². The van der Waals surface area contributed by atoms with Crippen LogP contribution in [-0.2, 0) is 9.59 Å². The molecule has 0 radical (unpaired) electrons. The second kappa shape index (κ2) is 7.99. The molecule has 3 N–H and O–H groups in total. The maximum Gasteiger partial charge on any atom is 0.326 e. The highest BCUT2D eigenvalue weighted by molar-refractivity contribution is 5.99. The van der Waals surface area contributed by atoms with Gasteiger partial charge in [0.05, 0.1) is 0 Å². The summed E-state index contributed by atoms with van der Waals surface area (Å²) in [7, 11) is 0.